The molecule has 6 nitrogen and oxygen atoms in total. The van der Waals surface area contributed by atoms with Crippen LogP contribution in [0, 0.1) is 0 Å². The zero-order chi connectivity index (χ0) is 13.8. The highest BCUT2D eigenvalue weighted by atomic mass is 16.5. The fourth-order valence-electron chi connectivity index (χ4n) is 1.59. The third kappa shape index (κ3) is 3.70. The maximum absolute atomic E-state index is 6.06. The number of hydrogen-bond donors (Lipinski definition) is 2. The smallest absolute Gasteiger partial charge is 0.242 e. The van der Waals surface area contributed by atoms with Gasteiger partial charge < -0.3 is 20.5 Å². The maximum atomic E-state index is 6.06. The van der Waals surface area contributed by atoms with Crippen LogP contribution in [0.25, 0.3) is 0 Å². The summed E-state index contributed by atoms with van der Waals surface area (Å²) in [5.74, 6) is 2.10. The van der Waals surface area contributed by atoms with Crippen molar-refractivity contribution in [1.29, 1.82) is 0 Å². The number of anilines is 2. The summed E-state index contributed by atoms with van der Waals surface area (Å²) in [6, 6.07) is 0.490. The van der Waals surface area contributed by atoms with Gasteiger partial charge >= 0.3 is 0 Å². The quantitative estimate of drug-likeness (QED) is 0.732. The van der Waals surface area contributed by atoms with Crippen LogP contribution in [0.5, 0.6) is 5.88 Å². The van der Waals surface area contributed by atoms with Crippen LogP contribution < -0.4 is 15.8 Å². The van der Waals surface area contributed by atoms with Gasteiger partial charge in [0.05, 0.1) is 6.61 Å². The van der Waals surface area contributed by atoms with E-state index in [1.807, 2.05) is 13.8 Å². The molecule has 1 aliphatic carbocycles. The van der Waals surface area contributed by atoms with Crippen LogP contribution in [-0.2, 0) is 4.74 Å². The molecule has 0 bridgehead atoms. The predicted octanol–water partition coefficient (Wildman–Crippen LogP) is 1.78. The lowest BCUT2D eigenvalue weighted by molar-refractivity contribution is 0.144. The summed E-state index contributed by atoms with van der Waals surface area (Å²) in [6.45, 7) is 5.03. The van der Waals surface area contributed by atoms with E-state index >= 15 is 0 Å². The van der Waals surface area contributed by atoms with Crippen molar-refractivity contribution in [3.8, 4) is 5.88 Å². The number of nitrogens with two attached hydrogens (primary N) is 1. The Labute approximate surface area is 113 Å². The molecule has 1 heterocycles. The van der Waals surface area contributed by atoms with Gasteiger partial charge in [0.25, 0.3) is 0 Å². The van der Waals surface area contributed by atoms with Crippen molar-refractivity contribution in [2.45, 2.75) is 38.6 Å². The van der Waals surface area contributed by atoms with Gasteiger partial charge in [0.1, 0.15) is 18.1 Å². The van der Waals surface area contributed by atoms with Gasteiger partial charge in [-0.05, 0) is 12.8 Å². The molecule has 0 saturated heterocycles. The Balaban J connectivity index is 2.20. The molecule has 19 heavy (non-hydrogen) atoms. The Morgan fingerprint density at radius 2 is 2.05 bits per heavy atom. The van der Waals surface area contributed by atoms with Crippen molar-refractivity contribution in [3.63, 3.8) is 0 Å². The monoisotopic (exact) mass is 266 g/mol. The molecule has 0 amide bonds. The highest BCUT2D eigenvalue weighted by Crippen LogP contribution is 2.32. The van der Waals surface area contributed by atoms with E-state index in [2.05, 4.69) is 15.3 Å². The number of rotatable bonds is 7. The van der Waals surface area contributed by atoms with Crippen LogP contribution in [0.2, 0.25) is 0 Å². The highest BCUT2D eigenvalue weighted by Gasteiger charge is 2.24. The van der Waals surface area contributed by atoms with Crippen molar-refractivity contribution in [2.24, 2.45) is 0 Å². The van der Waals surface area contributed by atoms with Crippen molar-refractivity contribution in [3.05, 3.63) is 5.82 Å². The minimum absolute atomic E-state index is 0.227. The molecule has 0 spiro atoms. The minimum atomic E-state index is 0.227. The third-order valence-corrected chi connectivity index (χ3v) is 2.89. The standard InChI is InChI=1S/C13H22N4O2/c1-8(2)11-16-12(15-9-4-5-9)10(14)13(17-11)19-7-6-18-3/h8-9H,4-7,14H2,1-3H3,(H,15,16,17). The van der Waals surface area contributed by atoms with Gasteiger partial charge in [-0.1, -0.05) is 13.8 Å². The summed E-state index contributed by atoms with van der Waals surface area (Å²) >= 11 is 0. The molecule has 0 radical (unpaired) electrons. The summed E-state index contributed by atoms with van der Waals surface area (Å²) < 4.78 is 10.5. The molecule has 0 unspecified atom stereocenters. The van der Waals surface area contributed by atoms with E-state index < -0.39 is 0 Å². The minimum Gasteiger partial charge on any atom is -0.474 e. The molecule has 1 aromatic heterocycles. The van der Waals surface area contributed by atoms with Gasteiger partial charge in [-0.15, -0.1) is 0 Å². The zero-order valence-corrected chi connectivity index (χ0v) is 11.8. The maximum Gasteiger partial charge on any atom is 0.242 e. The van der Waals surface area contributed by atoms with Crippen molar-refractivity contribution >= 4 is 11.5 Å². The van der Waals surface area contributed by atoms with Gasteiger partial charge in [-0.2, -0.15) is 4.98 Å². The lowest BCUT2D eigenvalue weighted by Gasteiger charge is -2.15. The summed E-state index contributed by atoms with van der Waals surface area (Å²) in [4.78, 5) is 8.86. The summed E-state index contributed by atoms with van der Waals surface area (Å²) in [6.07, 6.45) is 2.33. The second-order valence-electron chi connectivity index (χ2n) is 5.06. The molecule has 1 aliphatic rings. The van der Waals surface area contributed by atoms with Crippen LogP contribution in [-0.4, -0.2) is 36.3 Å². The molecule has 0 atom stereocenters. The average molecular weight is 266 g/mol. The lowest BCUT2D eigenvalue weighted by Crippen LogP contribution is -2.14. The molecule has 6 heteroatoms. The first-order valence-electron chi connectivity index (χ1n) is 6.67. The first-order chi connectivity index (χ1) is 9.11. The predicted molar refractivity (Wildman–Crippen MR) is 74.5 cm³/mol. The van der Waals surface area contributed by atoms with E-state index in [4.69, 9.17) is 15.2 Å². The Morgan fingerprint density at radius 1 is 1.32 bits per heavy atom. The van der Waals surface area contributed by atoms with E-state index in [0.717, 1.165) is 5.82 Å². The van der Waals surface area contributed by atoms with Crippen molar-refractivity contribution < 1.29 is 9.47 Å². The third-order valence-electron chi connectivity index (χ3n) is 2.89. The molecule has 3 N–H and O–H groups in total. The molecule has 0 aliphatic heterocycles. The number of ether oxygens (including phenoxy) is 2. The topological polar surface area (TPSA) is 82.3 Å². The van der Waals surface area contributed by atoms with Gasteiger partial charge in [0, 0.05) is 19.1 Å². The summed E-state index contributed by atoms with van der Waals surface area (Å²) in [7, 11) is 1.63. The summed E-state index contributed by atoms with van der Waals surface area (Å²) in [5.41, 5.74) is 6.54. The van der Waals surface area contributed by atoms with Gasteiger partial charge in [0.15, 0.2) is 5.82 Å². The first-order valence-corrected chi connectivity index (χ1v) is 6.67. The number of nitrogens with zero attached hydrogens (tertiary/aromatic N) is 2. The largest absolute Gasteiger partial charge is 0.474 e. The lowest BCUT2D eigenvalue weighted by atomic mass is 10.2. The first kappa shape index (κ1) is 13.9. The fraction of sp³-hybridized carbons (Fsp3) is 0.692. The molecule has 1 aromatic rings. The Kier molecular flexibility index (Phi) is 4.42. The van der Waals surface area contributed by atoms with E-state index in [1.54, 1.807) is 7.11 Å². The Morgan fingerprint density at radius 3 is 2.63 bits per heavy atom. The molecule has 2 rings (SSSR count). The SMILES string of the molecule is COCCOc1nc(C(C)C)nc(NC2CC2)c1N. The normalized spacial score (nSPS) is 14.7. The van der Waals surface area contributed by atoms with Gasteiger partial charge in [0.2, 0.25) is 5.88 Å². The number of aromatic nitrogens is 2. The zero-order valence-electron chi connectivity index (χ0n) is 11.8. The van der Waals surface area contributed by atoms with Crippen molar-refractivity contribution in [2.75, 3.05) is 31.4 Å². The van der Waals surface area contributed by atoms with Crippen LogP contribution in [0.1, 0.15) is 38.4 Å². The molecular weight excluding hydrogens is 244 g/mol. The highest BCUT2D eigenvalue weighted by molar-refractivity contribution is 5.67. The van der Waals surface area contributed by atoms with E-state index in [-0.39, 0.29) is 5.92 Å². The van der Waals surface area contributed by atoms with Crippen molar-refractivity contribution in [1.82, 2.24) is 9.97 Å². The van der Waals surface area contributed by atoms with E-state index in [1.165, 1.54) is 12.8 Å². The van der Waals surface area contributed by atoms with Crippen LogP contribution >= 0.6 is 0 Å². The van der Waals surface area contributed by atoms with Crippen LogP contribution in [0.3, 0.4) is 0 Å². The molecule has 106 valence electrons. The van der Waals surface area contributed by atoms with Crippen LogP contribution in [0.15, 0.2) is 0 Å². The fourth-order valence-corrected chi connectivity index (χ4v) is 1.59. The number of hydrogen-bond acceptors (Lipinski definition) is 6. The summed E-state index contributed by atoms with van der Waals surface area (Å²) in [5, 5.41) is 3.32. The Hall–Kier alpha value is -1.56. The van der Waals surface area contributed by atoms with Gasteiger partial charge in [-0.25, -0.2) is 4.98 Å². The number of methoxy groups -OCH3 is 1. The van der Waals surface area contributed by atoms with E-state index in [9.17, 15) is 0 Å². The number of nitrogens with one attached hydrogen (secondary N) is 1. The van der Waals surface area contributed by atoms with Crippen LogP contribution in [0.4, 0.5) is 11.5 Å². The average Bonchev–Trinajstić information content (AvgIpc) is 3.17. The second kappa shape index (κ2) is 6.06. The molecule has 1 saturated carbocycles. The molecular formula is C13H22N4O2. The molecule has 1 fully saturated rings. The number of nitrogen functional groups attached to an aromatic ring is 1. The van der Waals surface area contributed by atoms with E-state index in [0.29, 0.717) is 36.6 Å². The Bertz CT molecular complexity index is 433. The second-order valence-corrected chi connectivity index (χ2v) is 5.06. The molecule has 0 aromatic carbocycles. The van der Waals surface area contributed by atoms with Gasteiger partial charge in [-0.3, -0.25) is 0 Å².